The third-order valence-electron chi connectivity index (χ3n) is 11.5. The monoisotopic (exact) mass is 925 g/mol. The van der Waals surface area contributed by atoms with E-state index in [2.05, 4.69) is 111 Å². The Morgan fingerprint density at radius 3 is 1.32 bits per heavy atom. The summed E-state index contributed by atoms with van der Waals surface area (Å²) in [6.07, 6.45) is 58.6. The number of rotatable bonds is 44. The Morgan fingerprint density at radius 2 is 0.879 bits per heavy atom. The maximum Gasteiger partial charge on any atom is 0.306 e. The van der Waals surface area contributed by atoms with E-state index in [1.165, 1.54) is 70.6 Å². The van der Waals surface area contributed by atoms with Gasteiger partial charge < -0.3 is 39.4 Å². The fourth-order valence-corrected chi connectivity index (χ4v) is 7.47. The highest BCUT2D eigenvalue weighted by Gasteiger charge is 2.44. The highest BCUT2D eigenvalue weighted by molar-refractivity contribution is 5.69. The van der Waals surface area contributed by atoms with Gasteiger partial charge in [-0.05, 0) is 89.9 Å². The largest absolute Gasteiger partial charge is 0.457 e. The fraction of sp³-hybridized carbons (Fsp3) is 0.702. The molecule has 0 bridgehead atoms. The lowest BCUT2D eigenvalue weighted by molar-refractivity contribution is -0.305. The quantitative estimate of drug-likeness (QED) is 0.0268. The molecule has 0 aromatic heterocycles. The van der Waals surface area contributed by atoms with Crippen LogP contribution in [-0.4, -0.2) is 89.6 Å². The van der Waals surface area contributed by atoms with Crippen LogP contribution in [0.4, 0.5) is 0 Å². The second-order valence-electron chi connectivity index (χ2n) is 17.6. The molecule has 4 N–H and O–H groups in total. The first-order valence-corrected chi connectivity index (χ1v) is 26.3. The van der Waals surface area contributed by atoms with Crippen molar-refractivity contribution in [1.29, 1.82) is 0 Å². The smallest absolute Gasteiger partial charge is 0.306 e. The molecular formula is C57H96O9. The van der Waals surface area contributed by atoms with Crippen LogP contribution in [0.5, 0.6) is 0 Å². The number of hydrogen-bond acceptors (Lipinski definition) is 9. The Hall–Kier alpha value is -2.89. The highest BCUT2D eigenvalue weighted by atomic mass is 16.7. The van der Waals surface area contributed by atoms with Gasteiger partial charge in [0.15, 0.2) is 6.29 Å². The van der Waals surface area contributed by atoms with Crippen molar-refractivity contribution in [3.63, 3.8) is 0 Å². The molecule has 378 valence electrons. The van der Waals surface area contributed by atoms with Crippen LogP contribution < -0.4 is 0 Å². The van der Waals surface area contributed by atoms with Crippen LogP contribution in [0.3, 0.4) is 0 Å². The molecule has 6 atom stereocenters. The van der Waals surface area contributed by atoms with Crippen molar-refractivity contribution in [2.75, 3.05) is 26.4 Å². The van der Waals surface area contributed by atoms with E-state index in [-0.39, 0.29) is 19.2 Å². The van der Waals surface area contributed by atoms with Crippen molar-refractivity contribution in [3.05, 3.63) is 97.2 Å². The van der Waals surface area contributed by atoms with Gasteiger partial charge in [-0.15, -0.1) is 0 Å². The molecule has 1 aliphatic rings. The van der Waals surface area contributed by atoms with Gasteiger partial charge in [0.25, 0.3) is 0 Å². The second kappa shape index (κ2) is 47.2. The van der Waals surface area contributed by atoms with E-state index >= 15 is 0 Å². The minimum absolute atomic E-state index is 0.125. The summed E-state index contributed by atoms with van der Waals surface area (Å²) in [5, 5.41) is 40.3. The maximum atomic E-state index is 12.9. The Bertz CT molecular complexity index is 1330. The first-order valence-electron chi connectivity index (χ1n) is 26.3. The topological polar surface area (TPSA) is 135 Å². The van der Waals surface area contributed by atoms with Crippen LogP contribution in [0.25, 0.3) is 0 Å². The number of hydrogen-bond donors (Lipinski definition) is 4. The Labute approximate surface area is 402 Å². The molecule has 0 amide bonds. The normalized spacial score (nSPS) is 20.1. The standard InChI is InChI=1S/C57H96O9/c1-3-5-7-9-11-13-15-17-19-21-23-25-26-27-28-30-32-34-36-38-40-42-44-46-53(59)65-51(50-64-57-56(62)55(61)54(60)52(48-58)66-57)49-63-47-45-43-41-39-37-35-33-31-29-24-22-20-18-16-14-12-10-8-6-4-2/h5-8,11-14,17-20,23-25,29,51-52,54-58,60-62H,3-4,9-10,15-16,21-22,26-28,30-50H2,1-2H3/b7-5-,8-6-,13-11-,14-12-,19-17-,20-18-,25-23-,29-24-. The molecule has 9 heteroatoms. The van der Waals surface area contributed by atoms with E-state index in [4.69, 9.17) is 18.9 Å². The van der Waals surface area contributed by atoms with E-state index in [0.717, 1.165) is 103 Å². The summed E-state index contributed by atoms with van der Waals surface area (Å²) in [4.78, 5) is 12.9. The van der Waals surface area contributed by atoms with E-state index in [1.807, 2.05) is 0 Å². The number of allylic oxidation sites excluding steroid dienone is 16. The second-order valence-corrected chi connectivity index (χ2v) is 17.6. The fourth-order valence-electron chi connectivity index (χ4n) is 7.47. The summed E-state index contributed by atoms with van der Waals surface area (Å²) in [7, 11) is 0. The van der Waals surface area contributed by atoms with Crippen molar-refractivity contribution in [3.8, 4) is 0 Å². The average molecular weight is 925 g/mol. The van der Waals surface area contributed by atoms with Gasteiger partial charge in [-0.3, -0.25) is 4.79 Å². The first-order chi connectivity index (χ1) is 32.4. The number of aliphatic hydroxyl groups is 4. The van der Waals surface area contributed by atoms with E-state index < -0.39 is 43.4 Å². The molecule has 0 aromatic rings. The van der Waals surface area contributed by atoms with Gasteiger partial charge in [0.2, 0.25) is 0 Å². The molecule has 1 heterocycles. The molecule has 0 radical (unpaired) electrons. The molecule has 1 aliphatic heterocycles. The van der Waals surface area contributed by atoms with Crippen LogP contribution in [0, 0.1) is 0 Å². The van der Waals surface area contributed by atoms with Gasteiger partial charge >= 0.3 is 5.97 Å². The number of aliphatic hydroxyl groups excluding tert-OH is 4. The number of carbonyl (C=O) groups is 1. The van der Waals surface area contributed by atoms with Gasteiger partial charge in [0.05, 0.1) is 19.8 Å². The lowest BCUT2D eigenvalue weighted by atomic mass is 9.99. The van der Waals surface area contributed by atoms with Gasteiger partial charge in [-0.25, -0.2) is 0 Å². The van der Waals surface area contributed by atoms with E-state index in [0.29, 0.717) is 13.0 Å². The zero-order valence-corrected chi connectivity index (χ0v) is 41.7. The molecule has 6 unspecified atom stereocenters. The van der Waals surface area contributed by atoms with Crippen LogP contribution >= 0.6 is 0 Å². The molecular weight excluding hydrogens is 829 g/mol. The van der Waals surface area contributed by atoms with Gasteiger partial charge in [-0.1, -0.05) is 195 Å². The van der Waals surface area contributed by atoms with Crippen LogP contribution in [0.15, 0.2) is 97.2 Å². The van der Waals surface area contributed by atoms with Crippen molar-refractivity contribution < 1.29 is 44.2 Å². The zero-order chi connectivity index (χ0) is 47.8. The van der Waals surface area contributed by atoms with Crippen molar-refractivity contribution in [2.45, 2.75) is 230 Å². The summed E-state index contributed by atoms with van der Waals surface area (Å²) >= 11 is 0. The number of ether oxygens (including phenoxy) is 4. The molecule has 1 rings (SSSR count). The number of esters is 1. The van der Waals surface area contributed by atoms with Crippen LogP contribution in [0.1, 0.15) is 194 Å². The van der Waals surface area contributed by atoms with E-state index in [1.54, 1.807) is 0 Å². The summed E-state index contributed by atoms with van der Waals surface area (Å²) < 4.78 is 22.9. The molecule has 1 fully saturated rings. The highest BCUT2D eigenvalue weighted by Crippen LogP contribution is 2.23. The van der Waals surface area contributed by atoms with Crippen molar-refractivity contribution >= 4 is 5.97 Å². The first kappa shape index (κ1) is 61.1. The van der Waals surface area contributed by atoms with Gasteiger partial charge in [0.1, 0.15) is 30.5 Å². The Morgan fingerprint density at radius 1 is 0.485 bits per heavy atom. The van der Waals surface area contributed by atoms with Gasteiger partial charge in [0, 0.05) is 13.0 Å². The van der Waals surface area contributed by atoms with Crippen molar-refractivity contribution in [2.24, 2.45) is 0 Å². The molecule has 66 heavy (non-hydrogen) atoms. The maximum absolute atomic E-state index is 12.9. The Balaban J connectivity index is 2.21. The summed E-state index contributed by atoms with van der Waals surface area (Å²) in [5.41, 5.74) is 0. The molecule has 1 saturated heterocycles. The van der Waals surface area contributed by atoms with Crippen LogP contribution in [0.2, 0.25) is 0 Å². The lowest BCUT2D eigenvalue weighted by Gasteiger charge is -2.39. The Kier molecular flexibility index (Phi) is 43.7. The SMILES string of the molecule is CC/C=C\C/C=C\C/C=C\C/C=C\CCCCCCCCCCCCC(=O)OC(COCCCCCCCCC/C=C\C/C=C\C/C=C\C/C=C\CC)COC1OC(CO)C(O)C(O)C1O. The minimum Gasteiger partial charge on any atom is -0.457 e. The molecule has 0 aromatic carbocycles. The molecule has 0 saturated carbocycles. The summed E-state index contributed by atoms with van der Waals surface area (Å²) in [6.45, 7) is 4.30. The third kappa shape index (κ3) is 37.1. The zero-order valence-electron chi connectivity index (χ0n) is 41.7. The summed E-state index contributed by atoms with van der Waals surface area (Å²) in [6, 6.07) is 0. The van der Waals surface area contributed by atoms with Gasteiger partial charge in [-0.2, -0.15) is 0 Å². The minimum atomic E-state index is -1.55. The average Bonchev–Trinajstić information content (AvgIpc) is 3.32. The lowest BCUT2D eigenvalue weighted by Crippen LogP contribution is -2.59. The summed E-state index contributed by atoms with van der Waals surface area (Å²) in [5.74, 6) is -0.326. The predicted molar refractivity (Wildman–Crippen MR) is 274 cm³/mol. The number of unbranched alkanes of at least 4 members (excludes halogenated alkanes) is 17. The molecule has 9 nitrogen and oxygen atoms in total. The number of carbonyl (C=O) groups excluding carboxylic acids is 1. The molecule has 0 spiro atoms. The predicted octanol–water partition coefficient (Wildman–Crippen LogP) is 13.1. The molecule has 0 aliphatic carbocycles. The van der Waals surface area contributed by atoms with Crippen LogP contribution in [-0.2, 0) is 23.7 Å². The van der Waals surface area contributed by atoms with E-state index in [9.17, 15) is 25.2 Å². The third-order valence-corrected chi connectivity index (χ3v) is 11.5. The van der Waals surface area contributed by atoms with Crippen molar-refractivity contribution in [1.82, 2.24) is 0 Å².